The number of nitrogen functional groups attached to an aromatic ring is 1. The predicted octanol–water partition coefficient (Wildman–Crippen LogP) is 2.78. The number of aromatic nitrogens is 3. The molecule has 0 aliphatic carbocycles. The Morgan fingerprint density at radius 2 is 2.02 bits per heavy atom. The highest BCUT2D eigenvalue weighted by Crippen LogP contribution is 2.46. The number of ether oxygens (including phenoxy) is 2. The van der Waals surface area contributed by atoms with Gasteiger partial charge in [0.25, 0.3) is 0 Å². The van der Waals surface area contributed by atoms with Crippen LogP contribution >= 0.6 is 11.3 Å². The SMILES string of the molecule is Nc1nc2cc(O)cc(N3Cc4nc(OCC56CCCN5CCC6)nc5c4C(C3)OCC3C4CCC(CN53)N4)c2s1. The molecule has 216 valence electrons. The molecule has 11 nitrogen and oxygen atoms in total. The first-order valence-electron chi connectivity index (χ1n) is 15.1. The van der Waals surface area contributed by atoms with Crippen LogP contribution in [-0.2, 0) is 11.3 Å². The number of fused-ring (bicyclic) bond motifs is 7. The lowest BCUT2D eigenvalue weighted by atomic mass is 9.95. The van der Waals surface area contributed by atoms with Gasteiger partial charge in [-0.05, 0) is 51.6 Å². The van der Waals surface area contributed by atoms with Gasteiger partial charge in [0, 0.05) is 42.9 Å². The molecule has 0 radical (unpaired) electrons. The Morgan fingerprint density at radius 3 is 2.90 bits per heavy atom. The largest absolute Gasteiger partial charge is 0.508 e. The van der Waals surface area contributed by atoms with Gasteiger partial charge in [0.05, 0.1) is 46.3 Å². The zero-order valence-corrected chi connectivity index (χ0v) is 23.9. The number of hydrogen-bond acceptors (Lipinski definition) is 12. The summed E-state index contributed by atoms with van der Waals surface area (Å²) in [6.07, 6.45) is 7.00. The van der Waals surface area contributed by atoms with E-state index in [9.17, 15) is 5.11 Å². The molecule has 4 atom stereocenters. The minimum atomic E-state index is -0.187. The van der Waals surface area contributed by atoms with Crippen LogP contribution in [0, 0.1) is 0 Å². The van der Waals surface area contributed by atoms with Crippen LogP contribution in [-0.4, -0.2) is 88.0 Å². The number of piperazine rings is 1. The normalized spacial score (nSPS) is 29.9. The Bertz CT molecular complexity index is 1520. The van der Waals surface area contributed by atoms with Crippen LogP contribution in [0.25, 0.3) is 10.2 Å². The smallest absolute Gasteiger partial charge is 0.318 e. The van der Waals surface area contributed by atoms with Crippen LogP contribution in [0.1, 0.15) is 55.9 Å². The molecular formula is C29H36N8O3S. The van der Waals surface area contributed by atoms with Crippen molar-refractivity contribution in [3.05, 3.63) is 23.4 Å². The first-order valence-corrected chi connectivity index (χ1v) is 15.9. The Kier molecular flexibility index (Phi) is 5.43. The molecule has 1 aromatic carbocycles. The standard InChI is InChI=1S/C29H36N8O3S/c30-27-32-19-9-17(38)10-21(25(19)41-27)35-12-20-24-23(13-35)39-14-22-18-4-3-16(31-18)11-37(22)26(24)34-28(33-20)40-15-29-5-1-7-36(29)8-2-6-29/h9-10,16,18,22-23,31,38H,1-8,11-15H2,(H2,30,32). The maximum absolute atomic E-state index is 10.6. The van der Waals surface area contributed by atoms with Crippen molar-refractivity contribution in [2.45, 2.75) is 74.8 Å². The Labute approximate surface area is 242 Å². The molecule has 8 heterocycles. The summed E-state index contributed by atoms with van der Waals surface area (Å²) in [6, 6.07) is 5.06. The molecular weight excluding hydrogens is 540 g/mol. The summed E-state index contributed by atoms with van der Waals surface area (Å²) in [6.45, 7) is 5.74. The number of anilines is 3. The van der Waals surface area contributed by atoms with Gasteiger partial charge in [0.2, 0.25) is 0 Å². The van der Waals surface area contributed by atoms with Gasteiger partial charge in [-0.3, -0.25) is 4.90 Å². The maximum atomic E-state index is 10.6. The molecule has 6 aliphatic heterocycles. The van der Waals surface area contributed by atoms with Crippen molar-refractivity contribution in [3.8, 4) is 11.8 Å². The van der Waals surface area contributed by atoms with Crippen molar-refractivity contribution in [1.29, 1.82) is 0 Å². The van der Waals surface area contributed by atoms with Gasteiger partial charge in [0.1, 0.15) is 24.3 Å². The van der Waals surface area contributed by atoms with E-state index in [2.05, 4.69) is 25.0 Å². The molecule has 4 saturated heterocycles. The fourth-order valence-electron chi connectivity index (χ4n) is 8.54. The number of nitrogens with one attached hydrogen (secondary N) is 1. The molecule has 41 heavy (non-hydrogen) atoms. The molecule has 2 aromatic heterocycles. The average molecular weight is 577 g/mol. The Hall–Kier alpha value is -2.93. The topological polar surface area (TPSA) is 125 Å². The molecule has 4 unspecified atom stereocenters. The van der Waals surface area contributed by atoms with E-state index in [0.717, 1.165) is 40.4 Å². The van der Waals surface area contributed by atoms with Gasteiger partial charge in [-0.2, -0.15) is 9.97 Å². The van der Waals surface area contributed by atoms with Crippen LogP contribution in [0.15, 0.2) is 12.1 Å². The summed E-state index contributed by atoms with van der Waals surface area (Å²) in [5.74, 6) is 1.17. The van der Waals surface area contributed by atoms with Crippen LogP contribution < -0.4 is 25.6 Å². The number of thiazole rings is 1. The summed E-state index contributed by atoms with van der Waals surface area (Å²) in [5.41, 5.74) is 9.86. The highest BCUT2D eigenvalue weighted by molar-refractivity contribution is 7.22. The minimum absolute atomic E-state index is 0.126. The fraction of sp³-hybridized carbons (Fsp3) is 0.621. The van der Waals surface area contributed by atoms with Gasteiger partial charge < -0.3 is 35.4 Å². The summed E-state index contributed by atoms with van der Waals surface area (Å²) in [7, 11) is 0. The molecule has 0 spiro atoms. The number of phenols is 1. The van der Waals surface area contributed by atoms with Crippen LogP contribution in [0.3, 0.4) is 0 Å². The highest BCUT2D eigenvalue weighted by atomic mass is 32.1. The third-order valence-corrected chi connectivity index (χ3v) is 11.3. The zero-order valence-electron chi connectivity index (χ0n) is 23.1. The molecule has 3 aromatic rings. The van der Waals surface area contributed by atoms with Crippen LogP contribution in [0.2, 0.25) is 0 Å². The predicted molar refractivity (Wildman–Crippen MR) is 157 cm³/mol. The lowest BCUT2D eigenvalue weighted by Crippen LogP contribution is -2.59. The van der Waals surface area contributed by atoms with E-state index in [1.807, 2.05) is 0 Å². The Morgan fingerprint density at radius 1 is 1.15 bits per heavy atom. The van der Waals surface area contributed by atoms with Crippen molar-refractivity contribution in [1.82, 2.24) is 25.2 Å². The van der Waals surface area contributed by atoms with Gasteiger partial charge in [-0.15, -0.1) is 0 Å². The van der Waals surface area contributed by atoms with Gasteiger partial charge >= 0.3 is 6.01 Å². The minimum Gasteiger partial charge on any atom is -0.508 e. The third-order valence-electron chi connectivity index (χ3n) is 10.4. The molecule has 6 aliphatic rings. The number of aromatic hydroxyl groups is 1. The highest BCUT2D eigenvalue weighted by Gasteiger charge is 2.47. The van der Waals surface area contributed by atoms with E-state index >= 15 is 0 Å². The lowest BCUT2D eigenvalue weighted by Gasteiger charge is -2.41. The van der Waals surface area contributed by atoms with E-state index in [4.69, 9.17) is 25.2 Å². The number of rotatable bonds is 4. The van der Waals surface area contributed by atoms with E-state index in [1.54, 1.807) is 12.1 Å². The summed E-state index contributed by atoms with van der Waals surface area (Å²) in [5, 5.41) is 14.9. The zero-order chi connectivity index (χ0) is 27.3. The van der Waals surface area contributed by atoms with Crippen molar-refractivity contribution in [3.63, 3.8) is 0 Å². The van der Waals surface area contributed by atoms with Crippen molar-refractivity contribution in [2.75, 3.05) is 54.9 Å². The molecule has 2 bridgehead atoms. The third kappa shape index (κ3) is 3.83. The molecule has 0 saturated carbocycles. The first-order chi connectivity index (χ1) is 20.0. The number of benzene rings is 1. The summed E-state index contributed by atoms with van der Waals surface area (Å²) in [4.78, 5) is 22.0. The van der Waals surface area contributed by atoms with Gasteiger partial charge in [0.15, 0.2) is 5.13 Å². The van der Waals surface area contributed by atoms with E-state index in [0.29, 0.717) is 55.0 Å². The van der Waals surface area contributed by atoms with E-state index in [1.165, 1.54) is 56.5 Å². The fourth-order valence-corrected chi connectivity index (χ4v) is 9.39. The lowest BCUT2D eigenvalue weighted by molar-refractivity contribution is 0.0414. The second-order valence-corrected chi connectivity index (χ2v) is 13.8. The average Bonchev–Trinajstić information content (AvgIpc) is 3.71. The molecule has 4 N–H and O–H groups in total. The molecule has 4 fully saturated rings. The maximum Gasteiger partial charge on any atom is 0.318 e. The van der Waals surface area contributed by atoms with Gasteiger partial charge in [-0.25, -0.2) is 4.98 Å². The van der Waals surface area contributed by atoms with Crippen molar-refractivity contribution in [2.24, 2.45) is 0 Å². The molecule has 9 rings (SSSR count). The second-order valence-electron chi connectivity index (χ2n) is 12.7. The van der Waals surface area contributed by atoms with Crippen molar-refractivity contribution >= 4 is 38.2 Å². The number of phenolic OH excluding ortho intramolecular Hbond substituents is 1. The Balaban J connectivity index is 1.13. The van der Waals surface area contributed by atoms with Crippen LogP contribution in [0.4, 0.5) is 16.6 Å². The number of hydrogen-bond donors (Lipinski definition) is 3. The second kappa shape index (κ2) is 9.03. The summed E-state index contributed by atoms with van der Waals surface area (Å²) >= 11 is 1.44. The van der Waals surface area contributed by atoms with E-state index < -0.39 is 0 Å². The molecule has 12 heteroatoms. The number of nitrogens with two attached hydrogens (primary N) is 1. The van der Waals surface area contributed by atoms with E-state index in [-0.39, 0.29) is 23.4 Å². The quantitative estimate of drug-likeness (QED) is 0.425. The van der Waals surface area contributed by atoms with Gasteiger partial charge in [-0.1, -0.05) is 11.3 Å². The summed E-state index contributed by atoms with van der Waals surface area (Å²) < 4.78 is 14.2. The monoisotopic (exact) mass is 576 g/mol. The molecule has 0 amide bonds. The first kappa shape index (κ1) is 24.6. The van der Waals surface area contributed by atoms with Crippen molar-refractivity contribution < 1.29 is 14.6 Å². The van der Waals surface area contributed by atoms with Crippen LogP contribution in [0.5, 0.6) is 11.8 Å². The number of nitrogens with zero attached hydrogens (tertiary/aromatic N) is 6.